The fourth-order valence-electron chi connectivity index (χ4n) is 1.98. The number of rotatable bonds is 2. The second kappa shape index (κ2) is 5.20. The molecule has 0 bridgehead atoms. The van der Waals surface area contributed by atoms with Gasteiger partial charge >= 0.3 is 0 Å². The van der Waals surface area contributed by atoms with Crippen LogP contribution in [-0.4, -0.2) is 10.2 Å². The second-order valence-corrected chi connectivity index (χ2v) is 6.23. The number of nitrogens with two attached hydrogens (primary N) is 1. The highest BCUT2D eigenvalue weighted by molar-refractivity contribution is 9.10. The van der Waals surface area contributed by atoms with Crippen LogP contribution in [0.15, 0.2) is 34.1 Å². The van der Waals surface area contributed by atoms with Crippen LogP contribution in [0.1, 0.15) is 0 Å². The highest BCUT2D eigenvalue weighted by atomic mass is 79.9. The fourth-order valence-corrected chi connectivity index (χ4v) is 3.81. The van der Waals surface area contributed by atoms with Crippen molar-refractivity contribution in [1.29, 1.82) is 0 Å². The first-order valence-corrected chi connectivity index (χ1v) is 7.66. The van der Waals surface area contributed by atoms with Gasteiger partial charge in [-0.1, -0.05) is 17.7 Å². The standard InChI is InChI=1S/C13H8BrClFN3S/c14-6-4-5-20-12(6)11-10(13(17)19-18-11)9-7(15)2-1-3-8(9)16/h1-5H,(H3,17,18,19). The normalized spacial score (nSPS) is 10.9. The number of benzene rings is 1. The average molecular weight is 373 g/mol. The lowest BCUT2D eigenvalue weighted by molar-refractivity contribution is 0.631. The number of aromatic nitrogens is 2. The molecule has 7 heteroatoms. The van der Waals surface area contributed by atoms with Crippen molar-refractivity contribution in [1.82, 2.24) is 10.2 Å². The first-order valence-electron chi connectivity index (χ1n) is 5.61. The number of hydrogen-bond acceptors (Lipinski definition) is 3. The molecule has 2 heterocycles. The van der Waals surface area contributed by atoms with Crippen LogP contribution in [0, 0.1) is 5.82 Å². The molecule has 102 valence electrons. The summed E-state index contributed by atoms with van der Waals surface area (Å²) in [6, 6.07) is 6.43. The summed E-state index contributed by atoms with van der Waals surface area (Å²) in [7, 11) is 0. The van der Waals surface area contributed by atoms with E-state index in [1.165, 1.54) is 17.4 Å². The Bertz CT molecular complexity index is 764. The van der Waals surface area contributed by atoms with Crippen molar-refractivity contribution in [3.8, 4) is 21.7 Å². The van der Waals surface area contributed by atoms with Gasteiger partial charge in [-0.3, -0.25) is 5.10 Å². The molecule has 0 unspecified atom stereocenters. The molecular weight excluding hydrogens is 365 g/mol. The Kier molecular flexibility index (Phi) is 3.54. The van der Waals surface area contributed by atoms with Crippen molar-refractivity contribution in [3.63, 3.8) is 0 Å². The molecule has 0 amide bonds. The van der Waals surface area contributed by atoms with E-state index < -0.39 is 5.82 Å². The number of anilines is 1. The average Bonchev–Trinajstić information content (AvgIpc) is 2.97. The Morgan fingerprint density at radius 2 is 2.10 bits per heavy atom. The summed E-state index contributed by atoms with van der Waals surface area (Å²) in [5.74, 6) is -0.216. The van der Waals surface area contributed by atoms with E-state index in [0.717, 1.165) is 9.35 Å². The predicted molar refractivity (Wildman–Crippen MR) is 84.4 cm³/mol. The van der Waals surface area contributed by atoms with E-state index in [1.54, 1.807) is 12.1 Å². The SMILES string of the molecule is Nc1n[nH]c(-c2sccc2Br)c1-c1c(F)cccc1Cl. The number of halogens is 3. The third kappa shape index (κ3) is 2.13. The molecule has 0 aliphatic carbocycles. The highest BCUT2D eigenvalue weighted by Crippen LogP contribution is 2.43. The van der Waals surface area contributed by atoms with Gasteiger partial charge < -0.3 is 5.73 Å². The van der Waals surface area contributed by atoms with Crippen LogP contribution in [0.2, 0.25) is 5.02 Å². The topological polar surface area (TPSA) is 54.7 Å². The largest absolute Gasteiger partial charge is 0.382 e. The van der Waals surface area contributed by atoms with E-state index in [9.17, 15) is 4.39 Å². The minimum Gasteiger partial charge on any atom is -0.382 e. The molecule has 3 rings (SSSR count). The zero-order valence-electron chi connectivity index (χ0n) is 9.95. The third-order valence-electron chi connectivity index (χ3n) is 2.85. The van der Waals surface area contributed by atoms with Crippen LogP contribution in [0.4, 0.5) is 10.2 Å². The molecular formula is C13H8BrClFN3S. The van der Waals surface area contributed by atoms with Crippen LogP contribution >= 0.6 is 38.9 Å². The van der Waals surface area contributed by atoms with Gasteiger partial charge in [-0.25, -0.2) is 4.39 Å². The Balaban J connectivity index is 2.31. The van der Waals surface area contributed by atoms with Crippen molar-refractivity contribution in [3.05, 3.63) is 45.0 Å². The quantitative estimate of drug-likeness (QED) is 0.669. The molecule has 0 spiro atoms. The number of thiophene rings is 1. The Labute approximate surface area is 131 Å². The van der Waals surface area contributed by atoms with E-state index in [4.69, 9.17) is 17.3 Å². The minimum absolute atomic E-state index is 0.215. The lowest BCUT2D eigenvalue weighted by atomic mass is 10.0. The van der Waals surface area contributed by atoms with Gasteiger partial charge in [0.1, 0.15) is 5.82 Å². The zero-order valence-corrected chi connectivity index (χ0v) is 13.1. The van der Waals surface area contributed by atoms with Crippen molar-refractivity contribution in [2.45, 2.75) is 0 Å². The maximum absolute atomic E-state index is 14.1. The second-order valence-electron chi connectivity index (χ2n) is 4.05. The molecule has 3 N–H and O–H groups in total. The van der Waals surface area contributed by atoms with Crippen molar-refractivity contribution in [2.75, 3.05) is 5.73 Å². The first kappa shape index (κ1) is 13.6. The maximum atomic E-state index is 14.1. The predicted octanol–water partition coefficient (Wildman–Crippen LogP) is 4.94. The molecule has 0 aliphatic heterocycles. The van der Waals surface area contributed by atoms with Gasteiger partial charge in [-0.05, 0) is 39.5 Å². The van der Waals surface area contributed by atoms with Crippen molar-refractivity contribution >= 4 is 44.7 Å². The summed E-state index contributed by atoms with van der Waals surface area (Å²) in [6.07, 6.45) is 0. The van der Waals surface area contributed by atoms with E-state index in [0.29, 0.717) is 16.3 Å². The molecule has 20 heavy (non-hydrogen) atoms. The van der Waals surface area contributed by atoms with E-state index in [1.807, 2.05) is 11.4 Å². The third-order valence-corrected chi connectivity index (χ3v) is 5.02. The molecule has 0 saturated carbocycles. The van der Waals surface area contributed by atoms with E-state index in [2.05, 4.69) is 26.1 Å². The minimum atomic E-state index is -0.431. The van der Waals surface area contributed by atoms with Crippen LogP contribution in [0.5, 0.6) is 0 Å². The van der Waals surface area contributed by atoms with Gasteiger partial charge in [0.05, 0.1) is 21.2 Å². The first-order chi connectivity index (χ1) is 9.59. The summed E-state index contributed by atoms with van der Waals surface area (Å²) >= 11 is 11.1. The number of nitrogens with one attached hydrogen (secondary N) is 1. The molecule has 0 saturated heterocycles. The summed E-state index contributed by atoms with van der Waals surface area (Å²) in [6.45, 7) is 0. The van der Waals surface area contributed by atoms with Crippen molar-refractivity contribution < 1.29 is 4.39 Å². The van der Waals surface area contributed by atoms with Crippen LogP contribution in [0.3, 0.4) is 0 Å². The number of nitrogens with zero attached hydrogens (tertiary/aromatic N) is 1. The monoisotopic (exact) mass is 371 g/mol. The fraction of sp³-hybridized carbons (Fsp3) is 0. The molecule has 3 nitrogen and oxygen atoms in total. The number of hydrogen-bond donors (Lipinski definition) is 2. The molecule has 0 fully saturated rings. The Hall–Kier alpha value is -1.37. The molecule has 3 aromatic rings. The van der Waals surface area contributed by atoms with E-state index >= 15 is 0 Å². The Morgan fingerprint density at radius 1 is 1.30 bits per heavy atom. The number of aromatic amines is 1. The molecule has 2 aromatic heterocycles. The van der Waals surface area contributed by atoms with Gasteiger partial charge in [0.15, 0.2) is 5.82 Å². The molecule has 0 radical (unpaired) electrons. The smallest absolute Gasteiger partial charge is 0.153 e. The summed E-state index contributed by atoms with van der Waals surface area (Å²) in [4.78, 5) is 0.892. The molecule has 0 aliphatic rings. The molecule has 0 atom stereocenters. The van der Waals surface area contributed by atoms with Gasteiger partial charge in [-0.2, -0.15) is 5.10 Å². The van der Waals surface area contributed by atoms with Gasteiger partial charge in [-0.15, -0.1) is 11.3 Å². The van der Waals surface area contributed by atoms with Gasteiger partial charge in [0.25, 0.3) is 0 Å². The maximum Gasteiger partial charge on any atom is 0.153 e. The lowest BCUT2D eigenvalue weighted by Gasteiger charge is -2.07. The van der Waals surface area contributed by atoms with Crippen LogP contribution in [0.25, 0.3) is 21.7 Å². The summed E-state index contributed by atoms with van der Waals surface area (Å²) < 4.78 is 15.0. The van der Waals surface area contributed by atoms with Gasteiger partial charge in [0.2, 0.25) is 0 Å². The van der Waals surface area contributed by atoms with Crippen LogP contribution in [-0.2, 0) is 0 Å². The van der Waals surface area contributed by atoms with Gasteiger partial charge in [0, 0.05) is 10.0 Å². The number of H-pyrrole nitrogens is 1. The summed E-state index contributed by atoms with van der Waals surface area (Å²) in [5.41, 5.74) is 7.28. The number of nitrogen functional groups attached to an aromatic ring is 1. The van der Waals surface area contributed by atoms with Crippen LogP contribution < -0.4 is 5.73 Å². The summed E-state index contributed by atoms with van der Waals surface area (Å²) in [5, 5.41) is 9.05. The molecule has 1 aromatic carbocycles. The van der Waals surface area contributed by atoms with E-state index in [-0.39, 0.29) is 11.4 Å². The van der Waals surface area contributed by atoms with Crippen molar-refractivity contribution in [2.24, 2.45) is 0 Å². The Morgan fingerprint density at radius 3 is 2.75 bits per heavy atom. The highest BCUT2D eigenvalue weighted by Gasteiger charge is 2.22. The zero-order chi connectivity index (χ0) is 14.3. The lowest BCUT2D eigenvalue weighted by Crippen LogP contribution is -1.92.